The van der Waals surface area contributed by atoms with E-state index in [2.05, 4.69) is 6.07 Å². The maximum Gasteiger partial charge on any atom is 0.310 e. The van der Waals surface area contributed by atoms with Crippen molar-refractivity contribution in [1.29, 1.82) is 5.26 Å². The molecule has 0 saturated heterocycles. The molecule has 0 heterocycles. The molecule has 0 N–H and O–H groups in total. The van der Waals surface area contributed by atoms with Crippen molar-refractivity contribution < 1.29 is 14.3 Å². The Bertz CT molecular complexity index is 717. The fourth-order valence-electron chi connectivity index (χ4n) is 2.11. The van der Waals surface area contributed by atoms with Gasteiger partial charge in [0.2, 0.25) is 0 Å². The first kappa shape index (κ1) is 15.6. The quantitative estimate of drug-likeness (QED) is 0.795. The Morgan fingerprint density at radius 1 is 1.23 bits per heavy atom. The van der Waals surface area contributed by atoms with E-state index in [9.17, 15) is 4.79 Å². The molecule has 0 aromatic heterocycles. The van der Waals surface area contributed by atoms with Crippen LogP contribution in [0, 0.1) is 18.3 Å². The summed E-state index contributed by atoms with van der Waals surface area (Å²) in [4.78, 5) is 11.9. The molecule has 2 aromatic rings. The maximum atomic E-state index is 11.9. The zero-order chi connectivity index (χ0) is 15.9. The van der Waals surface area contributed by atoms with Crippen LogP contribution in [-0.4, -0.2) is 13.1 Å². The summed E-state index contributed by atoms with van der Waals surface area (Å²) < 4.78 is 10.5. The third-order valence-corrected chi connectivity index (χ3v) is 3.35. The second-order valence-corrected chi connectivity index (χ2v) is 4.91. The summed E-state index contributed by atoms with van der Waals surface area (Å²) in [6, 6.07) is 14.8. The third kappa shape index (κ3) is 3.86. The first-order chi connectivity index (χ1) is 10.6. The van der Waals surface area contributed by atoms with E-state index in [0.717, 1.165) is 16.9 Å². The van der Waals surface area contributed by atoms with Gasteiger partial charge in [0.1, 0.15) is 12.4 Å². The number of aryl methyl sites for hydroxylation is 1. The lowest BCUT2D eigenvalue weighted by Crippen LogP contribution is -2.09. The summed E-state index contributed by atoms with van der Waals surface area (Å²) in [6.45, 7) is 2.05. The molecule has 0 atom stereocenters. The molecule has 0 amide bonds. The minimum Gasteiger partial charge on any atom is -0.496 e. The molecule has 0 spiro atoms. The Morgan fingerprint density at radius 2 is 2.00 bits per heavy atom. The molecule has 0 fully saturated rings. The Morgan fingerprint density at radius 3 is 2.73 bits per heavy atom. The van der Waals surface area contributed by atoms with Crippen molar-refractivity contribution in [3.8, 4) is 11.8 Å². The highest BCUT2D eigenvalue weighted by Gasteiger charge is 2.09. The van der Waals surface area contributed by atoms with Gasteiger partial charge >= 0.3 is 5.97 Å². The number of nitrogens with zero attached hydrogens (tertiary/aromatic N) is 1. The third-order valence-electron chi connectivity index (χ3n) is 3.35. The maximum absolute atomic E-state index is 11.9. The van der Waals surface area contributed by atoms with Crippen molar-refractivity contribution in [1.82, 2.24) is 0 Å². The van der Waals surface area contributed by atoms with Crippen LogP contribution in [0.4, 0.5) is 0 Å². The molecule has 0 aliphatic heterocycles. The first-order valence-corrected chi connectivity index (χ1v) is 6.91. The lowest BCUT2D eigenvalue weighted by atomic mass is 10.1. The van der Waals surface area contributed by atoms with Crippen molar-refractivity contribution >= 4 is 5.97 Å². The van der Waals surface area contributed by atoms with Gasteiger partial charge in [-0.3, -0.25) is 4.79 Å². The summed E-state index contributed by atoms with van der Waals surface area (Å²) in [5.74, 6) is 0.416. The van der Waals surface area contributed by atoms with Crippen LogP contribution in [0.3, 0.4) is 0 Å². The highest BCUT2D eigenvalue weighted by molar-refractivity contribution is 5.72. The average Bonchev–Trinajstić information content (AvgIpc) is 2.55. The molecule has 0 aliphatic carbocycles. The predicted octanol–water partition coefficient (Wildman–Crippen LogP) is 3.16. The van der Waals surface area contributed by atoms with Crippen molar-refractivity contribution in [3.63, 3.8) is 0 Å². The molecule has 4 heteroatoms. The van der Waals surface area contributed by atoms with Gasteiger partial charge in [0.25, 0.3) is 0 Å². The number of ether oxygens (including phenoxy) is 2. The molecule has 2 aromatic carbocycles. The predicted molar refractivity (Wildman–Crippen MR) is 82.4 cm³/mol. The number of carbonyl (C=O) groups is 1. The van der Waals surface area contributed by atoms with Gasteiger partial charge in [-0.25, -0.2) is 0 Å². The molecular weight excluding hydrogens is 278 g/mol. The van der Waals surface area contributed by atoms with Crippen LogP contribution in [0.1, 0.15) is 22.3 Å². The van der Waals surface area contributed by atoms with Crippen molar-refractivity contribution in [3.05, 3.63) is 64.7 Å². The molecule has 0 aliphatic rings. The second kappa shape index (κ2) is 7.28. The van der Waals surface area contributed by atoms with Crippen molar-refractivity contribution in [2.24, 2.45) is 0 Å². The van der Waals surface area contributed by atoms with Crippen molar-refractivity contribution in [2.45, 2.75) is 20.0 Å². The standard InChI is InChI=1S/C18H17NO3/c1-13-7-8-14(9-17(13)21-2)10-18(20)22-12-16-6-4-3-5-15(16)11-19/h3-9H,10,12H2,1-2H3. The Labute approximate surface area is 129 Å². The van der Waals surface area contributed by atoms with Gasteiger partial charge in [-0.05, 0) is 30.2 Å². The fourth-order valence-corrected chi connectivity index (χ4v) is 2.11. The molecule has 0 radical (unpaired) electrons. The van der Waals surface area contributed by atoms with Gasteiger partial charge in [-0.2, -0.15) is 5.26 Å². The number of hydrogen-bond acceptors (Lipinski definition) is 4. The Kier molecular flexibility index (Phi) is 5.16. The first-order valence-electron chi connectivity index (χ1n) is 6.91. The number of hydrogen-bond donors (Lipinski definition) is 0. The molecule has 0 saturated carbocycles. The SMILES string of the molecule is COc1cc(CC(=O)OCc2ccccc2C#N)ccc1C. The fraction of sp³-hybridized carbons (Fsp3) is 0.222. The van der Waals surface area contributed by atoms with E-state index >= 15 is 0 Å². The Hall–Kier alpha value is -2.80. The zero-order valence-electron chi connectivity index (χ0n) is 12.6. The molecule has 0 bridgehead atoms. The summed E-state index contributed by atoms with van der Waals surface area (Å²) in [5, 5.41) is 9.00. The Balaban J connectivity index is 1.97. The van der Waals surface area contributed by atoms with E-state index in [1.165, 1.54) is 0 Å². The summed E-state index contributed by atoms with van der Waals surface area (Å²) in [7, 11) is 1.60. The zero-order valence-corrected chi connectivity index (χ0v) is 12.6. The van der Waals surface area contributed by atoms with E-state index in [-0.39, 0.29) is 19.0 Å². The number of carbonyl (C=O) groups excluding carboxylic acids is 1. The van der Waals surface area contributed by atoms with E-state index in [0.29, 0.717) is 11.1 Å². The van der Waals surface area contributed by atoms with E-state index in [1.54, 1.807) is 25.3 Å². The number of esters is 1. The molecule has 4 nitrogen and oxygen atoms in total. The van der Waals surface area contributed by atoms with Gasteiger partial charge in [-0.1, -0.05) is 30.3 Å². The summed E-state index contributed by atoms with van der Waals surface area (Å²) in [6.07, 6.45) is 0.172. The molecule has 22 heavy (non-hydrogen) atoms. The van der Waals surface area contributed by atoms with Gasteiger partial charge in [-0.15, -0.1) is 0 Å². The molecule has 112 valence electrons. The lowest BCUT2D eigenvalue weighted by Gasteiger charge is -2.09. The minimum atomic E-state index is -0.335. The summed E-state index contributed by atoms with van der Waals surface area (Å²) >= 11 is 0. The van der Waals surface area contributed by atoms with Gasteiger partial charge in [0.05, 0.1) is 25.2 Å². The van der Waals surface area contributed by atoms with Crippen LogP contribution in [0.25, 0.3) is 0 Å². The van der Waals surface area contributed by atoms with E-state index in [4.69, 9.17) is 14.7 Å². The van der Waals surface area contributed by atoms with Crippen molar-refractivity contribution in [2.75, 3.05) is 7.11 Å². The normalized spacial score (nSPS) is 9.86. The second-order valence-electron chi connectivity index (χ2n) is 4.91. The highest BCUT2D eigenvalue weighted by atomic mass is 16.5. The monoisotopic (exact) mass is 295 g/mol. The average molecular weight is 295 g/mol. The van der Waals surface area contributed by atoms with Crippen LogP contribution in [0.2, 0.25) is 0 Å². The number of rotatable bonds is 5. The topological polar surface area (TPSA) is 59.3 Å². The summed E-state index contributed by atoms with van der Waals surface area (Å²) in [5.41, 5.74) is 3.08. The lowest BCUT2D eigenvalue weighted by molar-refractivity contribution is -0.144. The largest absolute Gasteiger partial charge is 0.496 e. The van der Waals surface area contributed by atoms with Crippen LogP contribution < -0.4 is 4.74 Å². The van der Waals surface area contributed by atoms with Crippen LogP contribution >= 0.6 is 0 Å². The van der Waals surface area contributed by atoms with Gasteiger partial charge in [0, 0.05) is 5.56 Å². The van der Waals surface area contributed by atoms with Gasteiger partial charge in [0.15, 0.2) is 0 Å². The number of methoxy groups -OCH3 is 1. The van der Waals surface area contributed by atoms with Crippen LogP contribution in [0.15, 0.2) is 42.5 Å². The molecule has 2 rings (SSSR count). The number of nitriles is 1. The van der Waals surface area contributed by atoms with Crippen LogP contribution in [0.5, 0.6) is 5.75 Å². The molecule has 0 unspecified atom stereocenters. The minimum absolute atomic E-state index is 0.103. The van der Waals surface area contributed by atoms with Gasteiger partial charge < -0.3 is 9.47 Å². The van der Waals surface area contributed by atoms with E-state index in [1.807, 2.05) is 31.2 Å². The number of benzene rings is 2. The van der Waals surface area contributed by atoms with E-state index < -0.39 is 0 Å². The molecular formula is C18H17NO3. The smallest absolute Gasteiger partial charge is 0.310 e. The highest BCUT2D eigenvalue weighted by Crippen LogP contribution is 2.19. The van der Waals surface area contributed by atoms with Crippen LogP contribution in [-0.2, 0) is 22.6 Å².